The molecule has 116 valence electrons. The maximum Gasteiger partial charge on any atom is 0.255 e. The SMILES string of the molecule is O=C(Nc1ccnc2ccccc12)c1ccc(-n2cnnn2)cc1. The average Bonchev–Trinajstić information content (AvgIpc) is 3.17. The van der Waals surface area contributed by atoms with Crippen LogP contribution in [0.4, 0.5) is 5.69 Å². The summed E-state index contributed by atoms with van der Waals surface area (Å²) in [6.45, 7) is 0. The zero-order valence-electron chi connectivity index (χ0n) is 12.5. The van der Waals surface area contributed by atoms with Gasteiger partial charge in [0.1, 0.15) is 6.33 Å². The minimum Gasteiger partial charge on any atom is -0.321 e. The van der Waals surface area contributed by atoms with Crippen molar-refractivity contribution < 1.29 is 4.79 Å². The van der Waals surface area contributed by atoms with E-state index in [9.17, 15) is 4.79 Å². The highest BCUT2D eigenvalue weighted by molar-refractivity contribution is 6.08. The zero-order valence-corrected chi connectivity index (χ0v) is 12.5. The van der Waals surface area contributed by atoms with E-state index < -0.39 is 0 Å². The first-order chi connectivity index (χ1) is 11.8. The molecule has 2 heterocycles. The van der Waals surface area contributed by atoms with Crippen molar-refractivity contribution in [1.29, 1.82) is 0 Å². The molecule has 4 aromatic rings. The molecule has 0 atom stereocenters. The summed E-state index contributed by atoms with van der Waals surface area (Å²) >= 11 is 0. The lowest BCUT2D eigenvalue weighted by Gasteiger charge is -2.08. The van der Waals surface area contributed by atoms with Gasteiger partial charge in [-0.1, -0.05) is 18.2 Å². The van der Waals surface area contributed by atoms with Crippen molar-refractivity contribution in [2.45, 2.75) is 0 Å². The fourth-order valence-corrected chi connectivity index (χ4v) is 2.44. The number of nitrogens with zero attached hydrogens (tertiary/aromatic N) is 5. The van der Waals surface area contributed by atoms with Gasteiger partial charge < -0.3 is 5.32 Å². The van der Waals surface area contributed by atoms with Crippen molar-refractivity contribution in [2.24, 2.45) is 0 Å². The lowest BCUT2D eigenvalue weighted by molar-refractivity contribution is 0.102. The summed E-state index contributed by atoms with van der Waals surface area (Å²) in [5.41, 5.74) is 2.90. The second kappa shape index (κ2) is 5.88. The lowest BCUT2D eigenvalue weighted by Crippen LogP contribution is -2.12. The van der Waals surface area contributed by atoms with Crippen LogP contribution in [0.15, 0.2) is 67.1 Å². The summed E-state index contributed by atoms with van der Waals surface area (Å²) in [6, 6.07) is 16.5. The van der Waals surface area contributed by atoms with Crippen molar-refractivity contribution in [3.8, 4) is 5.69 Å². The van der Waals surface area contributed by atoms with Crippen LogP contribution in [0.3, 0.4) is 0 Å². The Kier molecular flexibility index (Phi) is 3.43. The van der Waals surface area contributed by atoms with E-state index >= 15 is 0 Å². The highest BCUT2D eigenvalue weighted by Gasteiger charge is 2.09. The first-order valence-electron chi connectivity index (χ1n) is 7.30. The quantitative estimate of drug-likeness (QED) is 0.627. The molecule has 0 saturated carbocycles. The summed E-state index contributed by atoms with van der Waals surface area (Å²) in [5, 5.41) is 14.8. The Morgan fingerprint density at radius 2 is 1.83 bits per heavy atom. The predicted octanol–water partition coefficient (Wildman–Crippen LogP) is 2.46. The number of rotatable bonds is 3. The van der Waals surface area contributed by atoms with Crippen LogP contribution in [0.25, 0.3) is 16.6 Å². The molecule has 0 aliphatic heterocycles. The van der Waals surface area contributed by atoms with E-state index in [1.54, 1.807) is 36.5 Å². The first kappa shape index (κ1) is 14.0. The third-order valence-corrected chi connectivity index (χ3v) is 3.64. The van der Waals surface area contributed by atoms with Gasteiger partial charge in [-0.05, 0) is 46.8 Å². The van der Waals surface area contributed by atoms with Gasteiger partial charge in [-0.3, -0.25) is 9.78 Å². The van der Waals surface area contributed by atoms with Crippen LogP contribution >= 0.6 is 0 Å². The molecule has 0 aliphatic rings. The average molecular weight is 316 g/mol. The molecule has 0 spiro atoms. The number of hydrogen-bond acceptors (Lipinski definition) is 5. The summed E-state index contributed by atoms with van der Waals surface area (Å²) < 4.78 is 1.53. The highest BCUT2D eigenvalue weighted by atomic mass is 16.1. The van der Waals surface area contributed by atoms with Gasteiger partial charge in [0.25, 0.3) is 5.91 Å². The van der Waals surface area contributed by atoms with Gasteiger partial charge in [0, 0.05) is 17.1 Å². The van der Waals surface area contributed by atoms with Gasteiger partial charge in [-0.2, -0.15) is 0 Å². The van der Waals surface area contributed by atoms with E-state index in [1.807, 2.05) is 24.3 Å². The number of tetrazole rings is 1. The smallest absolute Gasteiger partial charge is 0.255 e. The Balaban J connectivity index is 1.60. The van der Waals surface area contributed by atoms with Gasteiger partial charge in [0.2, 0.25) is 0 Å². The number of nitrogens with one attached hydrogen (secondary N) is 1. The molecule has 2 aromatic carbocycles. The number of benzene rings is 2. The number of fused-ring (bicyclic) bond motifs is 1. The van der Waals surface area contributed by atoms with E-state index in [2.05, 4.69) is 25.8 Å². The Labute approximate surface area is 137 Å². The number of hydrogen-bond donors (Lipinski definition) is 1. The number of para-hydroxylation sites is 1. The maximum absolute atomic E-state index is 12.5. The Bertz CT molecular complexity index is 990. The van der Waals surface area contributed by atoms with Gasteiger partial charge in [0.15, 0.2) is 0 Å². The normalized spacial score (nSPS) is 10.7. The number of amides is 1. The number of pyridine rings is 1. The third-order valence-electron chi connectivity index (χ3n) is 3.64. The molecule has 24 heavy (non-hydrogen) atoms. The molecule has 1 amide bonds. The van der Waals surface area contributed by atoms with E-state index in [4.69, 9.17) is 0 Å². The lowest BCUT2D eigenvalue weighted by atomic mass is 10.1. The van der Waals surface area contributed by atoms with Crippen LogP contribution in [-0.4, -0.2) is 31.1 Å². The molecule has 0 fully saturated rings. The van der Waals surface area contributed by atoms with Gasteiger partial charge in [-0.15, -0.1) is 5.10 Å². The minimum atomic E-state index is -0.186. The van der Waals surface area contributed by atoms with E-state index in [-0.39, 0.29) is 5.91 Å². The summed E-state index contributed by atoms with van der Waals surface area (Å²) in [7, 11) is 0. The molecule has 0 unspecified atom stereocenters. The monoisotopic (exact) mass is 316 g/mol. The van der Waals surface area contributed by atoms with Gasteiger partial charge in [-0.25, -0.2) is 4.68 Å². The van der Waals surface area contributed by atoms with E-state index in [0.717, 1.165) is 22.3 Å². The molecule has 4 rings (SSSR count). The third kappa shape index (κ3) is 2.58. The topological polar surface area (TPSA) is 85.6 Å². The fourth-order valence-electron chi connectivity index (χ4n) is 2.44. The second-order valence-electron chi connectivity index (χ2n) is 5.13. The van der Waals surface area contributed by atoms with E-state index in [0.29, 0.717) is 5.56 Å². The van der Waals surface area contributed by atoms with E-state index in [1.165, 1.54) is 11.0 Å². The maximum atomic E-state index is 12.5. The van der Waals surface area contributed by atoms with Crippen molar-refractivity contribution in [3.63, 3.8) is 0 Å². The van der Waals surface area contributed by atoms with Crippen LogP contribution in [-0.2, 0) is 0 Å². The molecular weight excluding hydrogens is 304 g/mol. The summed E-state index contributed by atoms with van der Waals surface area (Å²) in [6.07, 6.45) is 3.18. The highest BCUT2D eigenvalue weighted by Crippen LogP contribution is 2.21. The largest absolute Gasteiger partial charge is 0.321 e. The van der Waals surface area contributed by atoms with Crippen LogP contribution in [0, 0.1) is 0 Å². The Hall–Kier alpha value is -3.61. The van der Waals surface area contributed by atoms with Gasteiger partial charge >= 0.3 is 0 Å². The zero-order chi connectivity index (χ0) is 16.4. The molecule has 7 nitrogen and oxygen atoms in total. The minimum absolute atomic E-state index is 0.186. The number of aromatic nitrogens is 5. The van der Waals surface area contributed by atoms with Crippen LogP contribution in [0.1, 0.15) is 10.4 Å². The number of anilines is 1. The standard InChI is InChI=1S/C17H12N6O/c24-17(12-5-7-13(8-6-12)23-11-19-21-22-23)20-16-9-10-18-15-4-2-1-3-14(15)16/h1-11H,(H,18,20,24). The fraction of sp³-hybridized carbons (Fsp3) is 0. The molecular formula is C17H12N6O. The van der Waals surface area contributed by atoms with Crippen molar-refractivity contribution in [3.05, 3.63) is 72.7 Å². The number of carbonyl (C=O) groups excluding carboxylic acids is 1. The van der Waals surface area contributed by atoms with Crippen LogP contribution in [0.2, 0.25) is 0 Å². The van der Waals surface area contributed by atoms with Gasteiger partial charge in [0.05, 0.1) is 16.9 Å². The predicted molar refractivity (Wildman–Crippen MR) is 88.9 cm³/mol. The number of carbonyl (C=O) groups is 1. The summed E-state index contributed by atoms with van der Waals surface area (Å²) in [4.78, 5) is 16.8. The molecule has 0 aliphatic carbocycles. The molecule has 0 radical (unpaired) electrons. The van der Waals surface area contributed by atoms with Crippen LogP contribution < -0.4 is 5.32 Å². The Morgan fingerprint density at radius 1 is 1.00 bits per heavy atom. The first-order valence-corrected chi connectivity index (χ1v) is 7.30. The summed E-state index contributed by atoms with van der Waals surface area (Å²) in [5.74, 6) is -0.186. The molecule has 2 aromatic heterocycles. The molecule has 0 saturated heterocycles. The molecule has 1 N–H and O–H groups in total. The molecule has 7 heteroatoms. The van der Waals surface area contributed by atoms with Crippen molar-refractivity contribution >= 4 is 22.5 Å². The van der Waals surface area contributed by atoms with Crippen molar-refractivity contribution in [2.75, 3.05) is 5.32 Å². The second-order valence-corrected chi connectivity index (χ2v) is 5.13. The van der Waals surface area contributed by atoms with Crippen molar-refractivity contribution in [1.82, 2.24) is 25.2 Å². The molecule has 0 bridgehead atoms. The van der Waals surface area contributed by atoms with Crippen LogP contribution in [0.5, 0.6) is 0 Å². The Morgan fingerprint density at radius 3 is 2.62 bits per heavy atom.